The number of carboxylic acids is 1. The Hall–Kier alpha value is -3.19. The van der Waals surface area contributed by atoms with Crippen molar-refractivity contribution in [3.8, 4) is 0 Å². The van der Waals surface area contributed by atoms with Crippen LogP contribution in [0.15, 0.2) is 59.5 Å². The molecular formula is C23H23ClN4O3. The van der Waals surface area contributed by atoms with Crippen molar-refractivity contribution in [2.45, 2.75) is 12.8 Å². The van der Waals surface area contributed by atoms with Gasteiger partial charge in [0, 0.05) is 66.8 Å². The van der Waals surface area contributed by atoms with E-state index >= 15 is 0 Å². The second-order valence-corrected chi connectivity index (χ2v) is 7.93. The highest BCUT2D eigenvalue weighted by molar-refractivity contribution is 6.34. The number of pyridine rings is 1. The third-order valence-electron chi connectivity index (χ3n) is 5.57. The number of allylic oxidation sites excluding steroid dienone is 1. The molecule has 7 nitrogen and oxygen atoms in total. The lowest BCUT2D eigenvalue weighted by Gasteiger charge is -2.37. The van der Waals surface area contributed by atoms with E-state index in [1.807, 2.05) is 36.4 Å². The number of rotatable bonds is 6. The fourth-order valence-corrected chi connectivity index (χ4v) is 4.10. The van der Waals surface area contributed by atoms with Crippen molar-refractivity contribution in [2.75, 3.05) is 32.7 Å². The van der Waals surface area contributed by atoms with Gasteiger partial charge in [-0.3, -0.25) is 19.6 Å². The minimum Gasteiger partial charge on any atom is -0.481 e. The summed E-state index contributed by atoms with van der Waals surface area (Å²) in [6.45, 7) is 3.09. The Morgan fingerprint density at radius 3 is 2.26 bits per heavy atom. The lowest BCUT2D eigenvalue weighted by Crippen LogP contribution is -2.48. The van der Waals surface area contributed by atoms with E-state index in [1.165, 1.54) is 0 Å². The van der Waals surface area contributed by atoms with E-state index in [1.54, 1.807) is 17.3 Å². The monoisotopic (exact) mass is 438 g/mol. The lowest BCUT2D eigenvalue weighted by atomic mass is 9.96. The van der Waals surface area contributed by atoms with Gasteiger partial charge < -0.3 is 14.9 Å². The number of nitrogens with zero attached hydrogens (tertiary/aromatic N) is 4. The average molecular weight is 439 g/mol. The molecule has 1 N–H and O–H groups in total. The van der Waals surface area contributed by atoms with Crippen molar-refractivity contribution in [1.29, 1.82) is 0 Å². The highest BCUT2D eigenvalue weighted by atomic mass is 35.5. The molecular weight excluding hydrogens is 416 g/mol. The number of carbonyl (C=O) groups excluding carboxylic acids is 1. The predicted octanol–water partition coefficient (Wildman–Crippen LogP) is 2.96. The average Bonchev–Trinajstić information content (AvgIpc) is 3.24. The van der Waals surface area contributed by atoms with Crippen LogP contribution in [0, 0.1) is 0 Å². The molecule has 0 aliphatic carbocycles. The van der Waals surface area contributed by atoms with Crippen molar-refractivity contribution < 1.29 is 14.7 Å². The van der Waals surface area contributed by atoms with Crippen LogP contribution in [0.2, 0.25) is 5.02 Å². The van der Waals surface area contributed by atoms with E-state index in [0.717, 1.165) is 28.1 Å². The highest BCUT2D eigenvalue weighted by Gasteiger charge is 2.29. The van der Waals surface area contributed by atoms with Crippen LogP contribution in [0.5, 0.6) is 0 Å². The van der Waals surface area contributed by atoms with Crippen LogP contribution >= 0.6 is 11.6 Å². The number of hydrogen-bond donors (Lipinski definition) is 1. The topological polar surface area (TPSA) is 86.1 Å². The standard InChI is InChI=1S/C23H23ClN4O3/c24-18-3-1-17(2-4-18)23-22(16-7-9-25-10-8-16)19(15-26-23)27-11-13-28(14-12-27)20(29)5-6-21(30)31/h1-4,7-10H,5-6,11-15H2,(H,30,31). The number of aliphatic carboxylic acids is 1. The number of benzene rings is 1. The van der Waals surface area contributed by atoms with Crippen LogP contribution in [-0.2, 0) is 9.59 Å². The van der Waals surface area contributed by atoms with Crippen LogP contribution < -0.4 is 0 Å². The van der Waals surface area contributed by atoms with Crippen LogP contribution in [0.1, 0.15) is 24.0 Å². The Kier molecular flexibility index (Phi) is 6.32. The molecule has 0 saturated carbocycles. The van der Waals surface area contributed by atoms with E-state index in [4.69, 9.17) is 21.7 Å². The van der Waals surface area contributed by atoms with Crippen LogP contribution in [0.3, 0.4) is 0 Å². The summed E-state index contributed by atoms with van der Waals surface area (Å²) >= 11 is 6.07. The minimum atomic E-state index is -0.947. The molecule has 2 aliphatic heterocycles. The summed E-state index contributed by atoms with van der Waals surface area (Å²) < 4.78 is 0. The van der Waals surface area contributed by atoms with E-state index in [-0.39, 0.29) is 18.7 Å². The molecule has 2 aromatic rings. The van der Waals surface area contributed by atoms with Crippen LogP contribution in [0.4, 0.5) is 0 Å². The summed E-state index contributed by atoms with van der Waals surface area (Å²) in [5, 5.41) is 9.49. The SMILES string of the molecule is O=C(O)CCC(=O)N1CCN(C2=C(c3ccncc3)C(c3ccc(Cl)cc3)=NC2)CC1. The Bertz CT molecular complexity index is 1030. The maximum absolute atomic E-state index is 12.3. The molecule has 1 aromatic carbocycles. The van der Waals surface area contributed by atoms with Crippen molar-refractivity contribution in [3.05, 3.63) is 70.6 Å². The van der Waals surface area contributed by atoms with Crippen LogP contribution in [-0.4, -0.2) is 70.2 Å². The first-order valence-corrected chi connectivity index (χ1v) is 10.6. The molecule has 31 heavy (non-hydrogen) atoms. The lowest BCUT2D eigenvalue weighted by molar-refractivity contribution is -0.141. The predicted molar refractivity (Wildman–Crippen MR) is 119 cm³/mol. The molecule has 1 saturated heterocycles. The van der Waals surface area contributed by atoms with Gasteiger partial charge in [0.15, 0.2) is 0 Å². The van der Waals surface area contributed by atoms with Gasteiger partial charge in [0.05, 0.1) is 18.7 Å². The summed E-state index contributed by atoms with van der Waals surface area (Å²) in [5.74, 6) is -1.05. The number of aliphatic imine (C=N–C) groups is 1. The minimum absolute atomic E-state index is 0.0458. The van der Waals surface area contributed by atoms with Crippen molar-refractivity contribution >= 4 is 34.8 Å². The summed E-state index contributed by atoms with van der Waals surface area (Å²) in [6.07, 6.45) is 3.46. The number of aromatic nitrogens is 1. The zero-order chi connectivity index (χ0) is 21.8. The summed E-state index contributed by atoms with van der Waals surface area (Å²) in [5.41, 5.74) is 5.20. The molecule has 1 amide bonds. The molecule has 0 atom stereocenters. The first kappa shape index (κ1) is 21.1. The van der Waals surface area contributed by atoms with Gasteiger partial charge >= 0.3 is 5.97 Å². The van der Waals surface area contributed by atoms with E-state index in [0.29, 0.717) is 37.7 Å². The van der Waals surface area contributed by atoms with Gasteiger partial charge in [-0.25, -0.2) is 0 Å². The molecule has 0 bridgehead atoms. The summed E-state index contributed by atoms with van der Waals surface area (Å²) in [7, 11) is 0. The van der Waals surface area contributed by atoms with Gasteiger partial charge in [-0.2, -0.15) is 0 Å². The fourth-order valence-electron chi connectivity index (χ4n) is 3.97. The molecule has 0 unspecified atom stereocenters. The Balaban J connectivity index is 1.56. The zero-order valence-corrected chi connectivity index (χ0v) is 17.8. The molecule has 0 radical (unpaired) electrons. The van der Waals surface area contributed by atoms with Crippen LogP contribution in [0.25, 0.3) is 5.57 Å². The van der Waals surface area contributed by atoms with Crippen molar-refractivity contribution in [1.82, 2.24) is 14.8 Å². The number of carboxylic acid groups (broad SMARTS) is 1. The number of halogens is 1. The second kappa shape index (κ2) is 9.31. The second-order valence-electron chi connectivity index (χ2n) is 7.49. The van der Waals surface area contributed by atoms with Gasteiger partial charge in [0.25, 0.3) is 0 Å². The van der Waals surface area contributed by atoms with Gasteiger partial charge in [0.1, 0.15) is 0 Å². The highest BCUT2D eigenvalue weighted by Crippen LogP contribution is 2.32. The first-order valence-electron chi connectivity index (χ1n) is 10.2. The quantitative estimate of drug-likeness (QED) is 0.749. The normalized spacial score (nSPS) is 16.5. The largest absolute Gasteiger partial charge is 0.481 e. The maximum Gasteiger partial charge on any atom is 0.303 e. The van der Waals surface area contributed by atoms with E-state index < -0.39 is 5.97 Å². The molecule has 160 valence electrons. The Morgan fingerprint density at radius 2 is 1.61 bits per heavy atom. The summed E-state index contributed by atoms with van der Waals surface area (Å²) in [6, 6.07) is 11.6. The zero-order valence-electron chi connectivity index (χ0n) is 17.0. The molecule has 1 fully saturated rings. The molecule has 0 spiro atoms. The number of carbonyl (C=O) groups is 2. The molecule has 3 heterocycles. The van der Waals surface area contributed by atoms with E-state index in [2.05, 4.69) is 9.88 Å². The third kappa shape index (κ3) is 4.77. The molecule has 2 aliphatic rings. The number of amides is 1. The number of hydrogen-bond acceptors (Lipinski definition) is 5. The van der Waals surface area contributed by atoms with Crippen molar-refractivity contribution in [2.24, 2.45) is 4.99 Å². The Morgan fingerprint density at radius 1 is 0.935 bits per heavy atom. The molecule has 1 aromatic heterocycles. The number of piperazine rings is 1. The molecule has 8 heteroatoms. The van der Waals surface area contributed by atoms with Gasteiger partial charge in [-0.1, -0.05) is 23.7 Å². The fraction of sp³-hybridized carbons (Fsp3) is 0.304. The first-order chi connectivity index (χ1) is 15.0. The maximum atomic E-state index is 12.3. The van der Waals surface area contributed by atoms with E-state index in [9.17, 15) is 9.59 Å². The van der Waals surface area contributed by atoms with Crippen molar-refractivity contribution in [3.63, 3.8) is 0 Å². The van der Waals surface area contributed by atoms with Gasteiger partial charge in [-0.15, -0.1) is 0 Å². The molecule has 4 rings (SSSR count). The summed E-state index contributed by atoms with van der Waals surface area (Å²) in [4.78, 5) is 36.0. The third-order valence-corrected chi connectivity index (χ3v) is 5.82. The van der Waals surface area contributed by atoms with Gasteiger partial charge in [0.2, 0.25) is 5.91 Å². The smallest absolute Gasteiger partial charge is 0.303 e. The van der Waals surface area contributed by atoms with Gasteiger partial charge in [-0.05, 0) is 29.8 Å². The Labute approximate surface area is 185 Å².